The van der Waals surface area contributed by atoms with Gasteiger partial charge in [0.15, 0.2) is 5.13 Å². The number of amides is 3. The van der Waals surface area contributed by atoms with Crippen LogP contribution in [0.1, 0.15) is 32.3 Å². The van der Waals surface area contributed by atoms with E-state index in [-0.39, 0.29) is 11.6 Å². The highest BCUT2D eigenvalue weighted by Crippen LogP contribution is 2.38. The van der Waals surface area contributed by atoms with Crippen LogP contribution in [0.3, 0.4) is 0 Å². The molecule has 3 N–H and O–H groups in total. The standard InChI is InChI=1S/C38H30N4O3S3/c1-25-17-19-26(20-18-25)22-31(40-35(43)28-12-6-3-7-13-28)36(44)39-29-14-8-15-30(23-29)48-34(27-10-4-2-5-11-27)37(45)42-38-41-32(24-47-38)33-16-9-21-46-33/h2-24,34H,1H3,(H,39,44)(H,40,43)(H,41,42,45)/b31-22-. The Morgan fingerprint density at radius 3 is 2.27 bits per heavy atom. The molecule has 2 aromatic heterocycles. The fraction of sp³-hybridized carbons (Fsp3) is 0.0526. The third kappa shape index (κ3) is 8.54. The smallest absolute Gasteiger partial charge is 0.272 e. The van der Waals surface area contributed by atoms with Crippen molar-refractivity contribution in [2.45, 2.75) is 17.1 Å². The molecule has 6 aromatic rings. The van der Waals surface area contributed by atoms with E-state index in [1.807, 2.05) is 109 Å². The second-order valence-corrected chi connectivity index (χ2v) is 13.7. The number of thioether (sulfide) groups is 1. The van der Waals surface area contributed by atoms with Crippen LogP contribution in [0, 0.1) is 6.92 Å². The van der Waals surface area contributed by atoms with Crippen LogP contribution in [-0.2, 0) is 9.59 Å². The zero-order valence-corrected chi connectivity index (χ0v) is 28.2. The molecule has 1 unspecified atom stereocenters. The van der Waals surface area contributed by atoms with Crippen LogP contribution in [0.2, 0.25) is 0 Å². The quantitative estimate of drug-likeness (QED) is 0.0933. The molecule has 0 aliphatic carbocycles. The molecule has 7 nitrogen and oxygen atoms in total. The summed E-state index contributed by atoms with van der Waals surface area (Å²) in [6.45, 7) is 1.98. The Labute approximate surface area is 290 Å². The van der Waals surface area contributed by atoms with Crippen molar-refractivity contribution in [2.24, 2.45) is 0 Å². The molecule has 0 saturated heterocycles. The Morgan fingerprint density at radius 2 is 1.54 bits per heavy atom. The molecule has 0 saturated carbocycles. The van der Waals surface area contributed by atoms with E-state index >= 15 is 0 Å². The van der Waals surface area contributed by atoms with Crippen LogP contribution in [0.25, 0.3) is 16.6 Å². The summed E-state index contributed by atoms with van der Waals surface area (Å²) < 4.78 is 0. The molecular weight excluding hydrogens is 657 g/mol. The van der Waals surface area contributed by atoms with Crippen molar-refractivity contribution >= 4 is 69.1 Å². The van der Waals surface area contributed by atoms with E-state index in [4.69, 9.17) is 0 Å². The maximum Gasteiger partial charge on any atom is 0.272 e. The van der Waals surface area contributed by atoms with Crippen LogP contribution in [-0.4, -0.2) is 22.7 Å². The van der Waals surface area contributed by atoms with Gasteiger partial charge in [-0.05, 0) is 65.9 Å². The highest BCUT2D eigenvalue weighted by molar-refractivity contribution is 8.00. The van der Waals surface area contributed by atoms with Gasteiger partial charge in [0.25, 0.3) is 11.8 Å². The van der Waals surface area contributed by atoms with Crippen LogP contribution in [0.5, 0.6) is 0 Å². The molecule has 4 aromatic carbocycles. The minimum Gasteiger partial charge on any atom is -0.321 e. The minimum atomic E-state index is -0.589. The first-order valence-electron chi connectivity index (χ1n) is 15.0. The monoisotopic (exact) mass is 686 g/mol. The summed E-state index contributed by atoms with van der Waals surface area (Å²) in [5.41, 5.74) is 4.55. The van der Waals surface area contributed by atoms with Crippen molar-refractivity contribution in [3.63, 3.8) is 0 Å². The second kappa shape index (κ2) is 15.5. The molecule has 3 amide bonds. The zero-order valence-electron chi connectivity index (χ0n) is 25.8. The fourth-order valence-electron chi connectivity index (χ4n) is 4.69. The van der Waals surface area contributed by atoms with E-state index in [1.54, 1.807) is 47.7 Å². The molecule has 0 spiro atoms. The van der Waals surface area contributed by atoms with Gasteiger partial charge in [-0.1, -0.05) is 90.5 Å². The van der Waals surface area contributed by atoms with Crippen molar-refractivity contribution in [1.29, 1.82) is 0 Å². The molecule has 1 atom stereocenters. The lowest BCUT2D eigenvalue weighted by atomic mass is 10.1. The molecule has 0 bridgehead atoms. The van der Waals surface area contributed by atoms with E-state index in [9.17, 15) is 14.4 Å². The van der Waals surface area contributed by atoms with Crippen LogP contribution in [0.4, 0.5) is 10.8 Å². The number of nitrogens with zero attached hydrogens (tertiary/aromatic N) is 1. The van der Waals surface area contributed by atoms with Gasteiger partial charge in [-0.2, -0.15) is 0 Å². The second-order valence-electron chi connectivity index (χ2n) is 10.7. The molecule has 10 heteroatoms. The number of thiophene rings is 1. The van der Waals surface area contributed by atoms with Gasteiger partial charge in [-0.3, -0.25) is 14.4 Å². The van der Waals surface area contributed by atoms with Gasteiger partial charge in [0.05, 0.1) is 10.6 Å². The summed E-state index contributed by atoms with van der Waals surface area (Å²) in [4.78, 5) is 46.8. The Morgan fingerprint density at radius 1 is 0.792 bits per heavy atom. The van der Waals surface area contributed by atoms with Gasteiger partial charge in [0.2, 0.25) is 5.91 Å². The van der Waals surface area contributed by atoms with Gasteiger partial charge < -0.3 is 16.0 Å². The number of rotatable bonds is 11. The first-order valence-corrected chi connectivity index (χ1v) is 17.6. The average Bonchev–Trinajstić information content (AvgIpc) is 3.82. The predicted molar refractivity (Wildman–Crippen MR) is 197 cm³/mol. The van der Waals surface area contributed by atoms with E-state index in [2.05, 4.69) is 20.9 Å². The molecule has 0 aliphatic heterocycles. The van der Waals surface area contributed by atoms with Crippen molar-refractivity contribution in [3.8, 4) is 10.6 Å². The van der Waals surface area contributed by atoms with Gasteiger partial charge in [0, 0.05) is 21.5 Å². The van der Waals surface area contributed by atoms with Crippen molar-refractivity contribution in [3.05, 3.63) is 160 Å². The highest BCUT2D eigenvalue weighted by Gasteiger charge is 2.24. The number of nitrogens with one attached hydrogen (secondary N) is 3. The van der Waals surface area contributed by atoms with E-state index in [0.717, 1.165) is 32.2 Å². The lowest BCUT2D eigenvalue weighted by Gasteiger charge is -2.17. The third-order valence-electron chi connectivity index (χ3n) is 7.11. The maximum absolute atomic E-state index is 13.7. The zero-order chi connectivity index (χ0) is 33.3. The highest BCUT2D eigenvalue weighted by atomic mass is 32.2. The number of aryl methyl sites for hydroxylation is 1. The Bertz CT molecular complexity index is 2040. The molecule has 48 heavy (non-hydrogen) atoms. The Hall–Kier alpha value is -5.29. The first-order chi connectivity index (χ1) is 23.4. The normalized spacial score (nSPS) is 11.8. The predicted octanol–water partition coefficient (Wildman–Crippen LogP) is 9.06. The lowest BCUT2D eigenvalue weighted by Crippen LogP contribution is -2.30. The number of carbonyl (C=O) groups is 3. The molecule has 0 radical (unpaired) electrons. The number of anilines is 2. The average molecular weight is 687 g/mol. The molecule has 238 valence electrons. The van der Waals surface area contributed by atoms with Crippen LogP contribution in [0.15, 0.2) is 143 Å². The number of hydrogen-bond acceptors (Lipinski definition) is 7. The molecule has 6 rings (SSSR count). The summed E-state index contributed by atoms with van der Waals surface area (Å²) in [5, 5.41) is 12.6. The lowest BCUT2D eigenvalue weighted by molar-refractivity contribution is -0.116. The summed E-state index contributed by atoms with van der Waals surface area (Å²) in [5.74, 6) is -1.09. The van der Waals surface area contributed by atoms with E-state index < -0.39 is 17.1 Å². The van der Waals surface area contributed by atoms with Gasteiger partial charge in [-0.25, -0.2) is 4.98 Å². The van der Waals surface area contributed by atoms with Crippen molar-refractivity contribution < 1.29 is 14.4 Å². The molecular formula is C38H30N4O3S3. The van der Waals surface area contributed by atoms with Crippen molar-refractivity contribution in [2.75, 3.05) is 10.6 Å². The Kier molecular flexibility index (Phi) is 10.6. The van der Waals surface area contributed by atoms with Crippen LogP contribution < -0.4 is 16.0 Å². The molecule has 0 aliphatic rings. The van der Waals surface area contributed by atoms with Crippen molar-refractivity contribution in [1.82, 2.24) is 10.3 Å². The SMILES string of the molecule is Cc1ccc(/C=C(\NC(=O)c2ccccc2)C(=O)Nc2cccc(SC(C(=O)Nc3nc(-c4cccs4)cs3)c3ccccc3)c2)cc1. The van der Waals surface area contributed by atoms with Gasteiger partial charge in [0.1, 0.15) is 10.9 Å². The summed E-state index contributed by atoms with van der Waals surface area (Å²) in [6, 6.07) is 37.2. The Balaban J connectivity index is 1.21. The maximum atomic E-state index is 13.7. The number of hydrogen-bond donors (Lipinski definition) is 3. The number of benzene rings is 4. The molecule has 0 fully saturated rings. The fourth-order valence-corrected chi connectivity index (χ4v) is 7.25. The topological polar surface area (TPSA) is 100 Å². The first kappa shape index (κ1) is 32.6. The number of aromatic nitrogens is 1. The minimum absolute atomic E-state index is 0.0951. The number of thiazole rings is 1. The van der Waals surface area contributed by atoms with Gasteiger partial charge in [-0.15, -0.1) is 34.4 Å². The summed E-state index contributed by atoms with van der Waals surface area (Å²) in [7, 11) is 0. The largest absolute Gasteiger partial charge is 0.321 e. The van der Waals surface area contributed by atoms with Crippen LogP contribution >= 0.6 is 34.4 Å². The van der Waals surface area contributed by atoms with E-state index in [0.29, 0.717) is 16.4 Å². The summed E-state index contributed by atoms with van der Waals surface area (Å²) >= 11 is 4.34. The summed E-state index contributed by atoms with van der Waals surface area (Å²) in [6.07, 6.45) is 1.65. The third-order valence-corrected chi connectivity index (χ3v) is 10.0. The van der Waals surface area contributed by atoms with Gasteiger partial charge >= 0.3 is 0 Å². The van der Waals surface area contributed by atoms with E-state index in [1.165, 1.54) is 23.1 Å². The number of carbonyl (C=O) groups excluding carboxylic acids is 3. The molecule has 2 heterocycles.